The molecule has 1 aromatic rings. The second-order valence-electron chi connectivity index (χ2n) is 5.11. The van der Waals surface area contributed by atoms with E-state index < -0.39 is 0 Å². The van der Waals surface area contributed by atoms with Crippen molar-refractivity contribution in [3.63, 3.8) is 0 Å². The number of hydrogen-bond acceptors (Lipinski definition) is 2. The Morgan fingerprint density at radius 1 is 1.37 bits per heavy atom. The van der Waals surface area contributed by atoms with Gasteiger partial charge in [-0.25, -0.2) is 0 Å². The van der Waals surface area contributed by atoms with Crippen molar-refractivity contribution in [2.45, 2.75) is 46.6 Å². The average Bonchev–Trinajstić information content (AvgIpc) is 2.40. The molecule has 0 aromatic heterocycles. The summed E-state index contributed by atoms with van der Waals surface area (Å²) in [7, 11) is 1.89. The van der Waals surface area contributed by atoms with Crippen LogP contribution in [-0.2, 0) is 0 Å². The summed E-state index contributed by atoms with van der Waals surface area (Å²) in [6, 6.07) is 6.15. The fraction of sp³-hybridized carbons (Fsp3) is 0.562. The van der Waals surface area contributed by atoms with Crippen LogP contribution in [0.4, 0.5) is 5.69 Å². The zero-order valence-electron chi connectivity index (χ0n) is 12.8. The lowest BCUT2D eigenvalue weighted by molar-refractivity contribution is 0.0736. The van der Waals surface area contributed by atoms with Crippen LogP contribution in [0.1, 0.15) is 49.5 Å². The summed E-state index contributed by atoms with van der Waals surface area (Å²) in [5.41, 5.74) is 2.98. The molecule has 1 amide bonds. The molecule has 0 fully saturated rings. The second kappa shape index (κ2) is 7.17. The van der Waals surface area contributed by atoms with Crippen LogP contribution in [0.2, 0.25) is 0 Å². The molecule has 0 aliphatic rings. The normalized spacial score (nSPS) is 12.1. The molecule has 19 heavy (non-hydrogen) atoms. The fourth-order valence-corrected chi connectivity index (χ4v) is 2.20. The highest BCUT2D eigenvalue weighted by Crippen LogP contribution is 2.18. The molecule has 3 nitrogen and oxygen atoms in total. The first-order valence-corrected chi connectivity index (χ1v) is 7.12. The van der Waals surface area contributed by atoms with Gasteiger partial charge < -0.3 is 10.2 Å². The molecule has 1 N–H and O–H groups in total. The lowest BCUT2D eigenvalue weighted by Gasteiger charge is -2.25. The van der Waals surface area contributed by atoms with E-state index in [4.69, 9.17) is 0 Å². The molecule has 0 aliphatic heterocycles. The minimum absolute atomic E-state index is 0.104. The van der Waals surface area contributed by atoms with Crippen molar-refractivity contribution in [1.29, 1.82) is 0 Å². The molecule has 0 aliphatic carbocycles. The van der Waals surface area contributed by atoms with Gasteiger partial charge in [-0.3, -0.25) is 4.79 Å². The van der Waals surface area contributed by atoms with Crippen molar-refractivity contribution in [3.05, 3.63) is 29.3 Å². The summed E-state index contributed by atoms with van der Waals surface area (Å²) in [6.45, 7) is 9.23. The number of rotatable bonds is 6. The van der Waals surface area contributed by atoms with Gasteiger partial charge in [0.25, 0.3) is 5.91 Å². The van der Waals surface area contributed by atoms with Gasteiger partial charge in [-0.1, -0.05) is 13.3 Å². The lowest BCUT2D eigenvalue weighted by Crippen LogP contribution is -2.35. The van der Waals surface area contributed by atoms with Gasteiger partial charge in [0.15, 0.2) is 0 Å². The smallest absolute Gasteiger partial charge is 0.253 e. The molecule has 1 rings (SSSR count). The van der Waals surface area contributed by atoms with Crippen molar-refractivity contribution in [2.75, 3.05) is 18.9 Å². The molecule has 3 heteroatoms. The van der Waals surface area contributed by atoms with Crippen LogP contribution >= 0.6 is 0 Å². The van der Waals surface area contributed by atoms with Crippen LogP contribution in [0.15, 0.2) is 18.2 Å². The zero-order chi connectivity index (χ0) is 14.4. The van der Waals surface area contributed by atoms with Crippen molar-refractivity contribution in [1.82, 2.24) is 4.90 Å². The third-order valence-corrected chi connectivity index (χ3v) is 3.53. The van der Waals surface area contributed by atoms with Gasteiger partial charge in [0.1, 0.15) is 0 Å². The Kier molecular flexibility index (Phi) is 5.87. The number of carbonyl (C=O) groups is 1. The highest BCUT2D eigenvalue weighted by molar-refractivity contribution is 5.95. The number of nitrogens with zero attached hydrogens (tertiary/aromatic N) is 1. The summed E-state index contributed by atoms with van der Waals surface area (Å²) in [4.78, 5) is 14.2. The van der Waals surface area contributed by atoms with Crippen LogP contribution in [0.25, 0.3) is 0 Å². The highest BCUT2D eigenvalue weighted by Gasteiger charge is 2.17. The summed E-state index contributed by atoms with van der Waals surface area (Å²) < 4.78 is 0. The number of nitrogens with one attached hydrogen (secondary N) is 1. The molecule has 0 radical (unpaired) electrons. The summed E-state index contributed by atoms with van der Waals surface area (Å²) in [5, 5.41) is 3.29. The predicted molar refractivity (Wildman–Crippen MR) is 81.8 cm³/mol. The number of amides is 1. The zero-order valence-corrected chi connectivity index (χ0v) is 12.8. The largest absolute Gasteiger partial charge is 0.385 e. The first-order valence-electron chi connectivity index (χ1n) is 7.12. The number of carbonyl (C=O) groups excluding carboxylic acids is 1. The van der Waals surface area contributed by atoms with Crippen molar-refractivity contribution >= 4 is 11.6 Å². The molecule has 1 atom stereocenters. The number of hydrogen-bond donors (Lipinski definition) is 1. The molecule has 0 saturated carbocycles. The van der Waals surface area contributed by atoms with Gasteiger partial charge >= 0.3 is 0 Å². The van der Waals surface area contributed by atoms with Crippen LogP contribution in [-0.4, -0.2) is 30.4 Å². The quantitative estimate of drug-likeness (QED) is 0.848. The van der Waals surface area contributed by atoms with Gasteiger partial charge in [-0.2, -0.15) is 0 Å². The standard InChI is InChI=1S/C16H26N2O/c1-6-8-13(4)18(5)16(19)14-9-10-15(17-7-2)12(3)11-14/h9-11,13,17H,6-8H2,1-5H3. The number of anilines is 1. The topological polar surface area (TPSA) is 32.3 Å². The molecular weight excluding hydrogens is 236 g/mol. The maximum Gasteiger partial charge on any atom is 0.253 e. The predicted octanol–water partition coefficient (Wildman–Crippen LogP) is 3.69. The van der Waals surface area contributed by atoms with Crippen LogP contribution in [0.5, 0.6) is 0 Å². The second-order valence-corrected chi connectivity index (χ2v) is 5.11. The Hall–Kier alpha value is -1.51. The van der Waals surface area contributed by atoms with Gasteiger partial charge in [-0.15, -0.1) is 0 Å². The van der Waals surface area contributed by atoms with E-state index in [-0.39, 0.29) is 11.9 Å². The maximum atomic E-state index is 12.4. The fourth-order valence-electron chi connectivity index (χ4n) is 2.20. The Morgan fingerprint density at radius 3 is 2.58 bits per heavy atom. The van der Waals surface area contributed by atoms with Crippen LogP contribution < -0.4 is 5.32 Å². The lowest BCUT2D eigenvalue weighted by atomic mass is 10.1. The molecule has 1 aromatic carbocycles. The van der Waals surface area contributed by atoms with E-state index in [0.29, 0.717) is 0 Å². The first kappa shape index (κ1) is 15.5. The van der Waals surface area contributed by atoms with Crippen molar-refractivity contribution in [2.24, 2.45) is 0 Å². The maximum absolute atomic E-state index is 12.4. The van der Waals surface area contributed by atoms with E-state index >= 15 is 0 Å². The molecule has 1 unspecified atom stereocenters. The van der Waals surface area contributed by atoms with Gasteiger partial charge in [0, 0.05) is 30.9 Å². The van der Waals surface area contributed by atoms with Gasteiger partial charge in [0.2, 0.25) is 0 Å². The molecule has 0 spiro atoms. The molecule has 0 saturated heterocycles. The van der Waals surface area contributed by atoms with Crippen LogP contribution in [0, 0.1) is 6.92 Å². The Labute approximate surface area is 117 Å². The molecule has 0 bridgehead atoms. The minimum Gasteiger partial charge on any atom is -0.385 e. The Balaban J connectivity index is 2.85. The van der Waals surface area contributed by atoms with E-state index in [2.05, 4.69) is 26.1 Å². The summed E-state index contributed by atoms with van der Waals surface area (Å²) in [5.74, 6) is 0.104. The van der Waals surface area contributed by atoms with E-state index in [0.717, 1.165) is 36.2 Å². The van der Waals surface area contributed by atoms with Gasteiger partial charge in [-0.05, 0) is 51.0 Å². The van der Waals surface area contributed by atoms with E-state index in [1.54, 1.807) is 0 Å². The highest BCUT2D eigenvalue weighted by atomic mass is 16.2. The average molecular weight is 262 g/mol. The SMILES string of the molecule is CCCC(C)N(C)C(=O)c1ccc(NCC)c(C)c1. The Morgan fingerprint density at radius 2 is 2.05 bits per heavy atom. The molecule has 0 heterocycles. The molecule has 106 valence electrons. The number of aryl methyl sites for hydroxylation is 1. The number of benzene rings is 1. The van der Waals surface area contributed by atoms with E-state index in [9.17, 15) is 4.79 Å². The molecular formula is C16H26N2O. The summed E-state index contributed by atoms with van der Waals surface area (Å²) >= 11 is 0. The van der Waals surface area contributed by atoms with Crippen LogP contribution in [0.3, 0.4) is 0 Å². The Bertz CT molecular complexity index is 429. The van der Waals surface area contributed by atoms with Crippen molar-refractivity contribution < 1.29 is 4.79 Å². The summed E-state index contributed by atoms with van der Waals surface area (Å²) in [6.07, 6.45) is 2.13. The van der Waals surface area contributed by atoms with Gasteiger partial charge in [0.05, 0.1) is 0 Å². The monoisotopic (exact) mass is 262 g/mol. The third kappa shape index (κ3) is 3.98. The third-order valence-electron chi connectivity index (χ3n) is 3.53. The first-order chi connectivity index (χ1) is 9.01. The minimum atomic E-state index is 0.104. The van der Waals surface area contributed by atoms with E-state index in [1.807, 2.05) is 37.1 Å². The van der Waals surface area contributed by atoms with Crippen molar-refractivity contribution in [3.8, 4) is 0 Å². The van der Waals surface area contributed by atoms with E-state index in [1.165, 1.54) is 0 Å².